The Morgan fingerprint density at radius 2 is 2.12 bits per heavy atom. The van der Waals surface area contributed by atoms with E-state index < -0.39 is 0 Å². The molecule has 0 amide bonds. The summed E-state index contributed by atoms with van der Waals surface area (Å²) in [5.74, 6) is 0. The van der Waals surface area contributed by atoms with Crippen LogP contribution in [0.25, 0.3) is 0 Å². The molecule has 40 valence electrons. The number of rotatable bonds is 0. The zero-order valence-electron chi connectivity index (χ0n) is 4.03. The second-order valence-corrected chi connectivity index (χ2v) is 6.43. The maximum absolute atomic E-state index is 3.37. The van der Waals surface area contributed by atoms with Crippen LogP contribution in [0.3, 0.4) is 0 Å². The van der Waals surface area contributed by atoms with Crippen LogP contribution in [-0.4, -0.2) is 0 Å². The monoisotopic (exact) mass is 304 g/mol. The van der Waals surface area contributed by atoms with E-state index in [4.69, 9.17) is 0 Å². The van der Waals surface area contributed by atoms with Crippen LogP contribution in [0.1, 0.15) is 0 Å². The van der Waals surface area contributed by atoms with Crippen LogP contribution in [0.5, 0.6) is 0 Å². The van der Waals surface area contributed by atoms with Crippen LogP contribution in [0, 0.1) is 0 Å². The van der Waals surface area contributed by atoms with Gasteiger partial charge in [-0.3, -0.25) is 0 Å². The van der Waals surface area contributed by atoms with Gasteiger partial charge < -0.3 is 17.0 Å². The summed E-state index contributed by atoms with van der Waals surface area (Å²) in [6.07, 6.45) is 0. The van der Waals surface area contributed by atoms with Gasteiger partial charge in [0.15, 0.2) is 0 Å². The maximum atomic E-state index is 3.37. The summed E-state index contributed by atoms with van der Waals surface area (Å²) < 4.78 is 2.72. The molecule has 0 N–H and O–H groups in total. The van der Waals surface area contributed by atoms with Crippen LogP contribution in [0.4, 0.5) is 0 Å². The first-order chi connectivity index (χ1) is 3.29. The fourth-order valence-electron chi connectivity index (χ4n) is 0.352. The fraction of sp³-hybridized carbons (Fsp3) is 0. The molecule has 0 fully saturated rings. The van der Waals surface area contributed by atoms with E-state index in [-0.39, 0.29) is 17.0 Å². The van der Waals surface area contributed by atoms with Crippen molar-refractivity contribution in [3.8, 4) is 0 Å². The third-order valence-electron chi connectivity index (χ3n) is 0.629. The molecule has 0 unspecified atom stereocenters. The van der Waals surface area contributed by atoms with Crippen molar-refractivity contribution < 1.29 is 35.3 Å². The van der Waals surface area contributed by atoms with Gasteiger partial charge in [-0.15, -0.1) is 0 Å². The SMILES string of the molecule is [Br-].[Zn+][c]1ccc(Br)s1. The van der Waals surface area contributed by atoms with Gasteiger partial charge in [0, 0.05) is 0 Å². The van der Waals surface area contributed by atoms with Crippen molar-refractivity contribution in [2.75, 3.05) is 0 Å². The number of halogens is 2. The number of hydrogen-bond donors (Lipinski definition) is 0. The topological polar surface area (TPSA) is 0 Å². The van der Waals surface area contributed by atoms with Gasteiger partial charge in [0.1, 0.15) is 0 Å². The third kappa shape index (κ3) is 2.72. The van der Waals surface area contributed by atoms with E-state index in [1.807, 2.05) is 11.3 Å². The third-order valence-corrected chi connectivity index (χ3v) is 3.51. The molecule has 1 rings (SSSR count). The molecule has 8 heavy (non-hydrogen) atoms. The van der Waals surface area contributed by atoms with Crippen LogP contribution in [0.15, 0.2) is 15.9 Å². The van der Waals surface area contributed by atoms with E-state index in [1.165, 1.54) is 25.6 Å². The van der Waals surface area contributed by atoms with Crippen molar-refractivity contribution in [2.24, 2.45) is 0 Å². The molecule has 0 nitrogen and oxygen atoms in total. The summed E-state index contributed by atoms with van der Waals surface area (Å²) in [4.78, 5) is 0. The summed E-state index contributed by atoms with van der Waals surface area (Å²) in [7, 11) is 0. The second-order valence-electron chi connectivity index (χ2n) is 1.21. The summed E-state index contributed by atoms with van der Waals surface area (Å²) >= 11 is 6.46. The zero-order chi connectivity index (χ0) is 5.28. The molecule has 1 heterocycles. The van der Waals surface area contributed by atoms with Crippen molar-refractivity contribution in [1.29, 1.82) is 0 Å². The first kappa shape index (κ1) is 9.28. The van der Waals surface area contributed by atoms with E-state index in [9.17, 15) is 0 Å². The number of thiophene rings is 1. The quantitative estimate of drug-likeness (QED) is 0.522. The Kier molecular flexibility index (Phi) is 4.82. The van der Waals surface area contributed by atoms with Gasteiger partial charge in [0.05, 0.1) is 0 Å². The fourth-order valence-corrected chi connectivity index (χ4v) is 4.19. The molecule has 4 heteroatoms. The Bertz CT molecular complexity index is 146. The molecule has 0 aliphatic heterocycles. The summed E-state index contributed by atoms with van der Waals surface area (Å²) in [5.41, 5.74) is 0. The average Bonchev–Trinajstić information content (AvgIpc) is 1.87. The van der Waals surface area contributed by atoms with Crippen molar-refractivity contribution in [3.63, 3.8) is 0 Å². The molecule has 1 aromatic heterocycles. The second kappa shape index (κ2) is 4.16. The molecule has 0 aromatic carbocycles. The van der Waals surface area contributed by atoms with Gasteiger partial charge >= 0.3 is 65.0 Å². The van der Waals surface area contributed by atoms with E-state index in [0.717, 1.165) is 0 Å². The first-order valence-electron chi connectivity index (χ1n) is 1.86. The van der Waals surface area contributed by atoms with E-state index >= 15 is 0 Å². The molecule has 0 saturated carbocycles. The van der Waals surface area contributed by atoms with Gasteiger partial charge in [-0.25, -0.2) is 0 Å². The molecule has 1 aromatic rings. The van der Waals surface area contributed by atoms with Crippen molar-refractivity contribution in [1.82, 2.24) is 0 Å². The molecule has 0 bridgehead atoms. The first-order valence-corrected chi connectivity index (χ1v) is 4.95. The van der Waals surface area contributed by atoms with E-state index in [1.54, 1.807) is 0 Å². The molecule has 0 aliphatic rings. The Balaban J connectivity index is 0.000000490. The molecular formula is C4H2Br2SZn. The summed E-state index contributed by atoms with van der Waals surface area (Å²) in [6.45, 7) is 0. The molecule has 0 radical (unpaired) electrons. The summed E-state index contributed by atoms with van der Waals surface area (Å²) in [6, 6.07) is 4.23. The molecule has 0 spiro atoms. The Morgan fingerprint density at radius 3 is 2.25 bits per heavy atom. The zero-order valence-corrected chi connectivity index (χ0v) is 11.0. The average molecular weight is 307 g/mol. The van der Waals surface area contributed by atoms with E-state index in [2.05, 4.69) is 28.1 Å². The van der Waals surface area contributed by atoms with Crippen LogP contribution < -0.4 is 20.5 Å². The van der Waals surface area contributed by atoms with Crippen molar-refractivity contribution in [3.05, 3.63) is 15.9 Å². The molecule has 0 aliphatic carbocycles. The molecular weight excluding hydrogens is 305 g/mol. The Morgan fingerprint density at radius 1 is 1.50 bits per heavy atom. The Labute approximate surface area is 81.3 Å². The van der Waals surface area contributed by atoms with Gasteiger partial charge in [-0.2, -0.15) is 0 Å². The minimum atomic E-state index is 0. The van der Waals surface area contributed by atoms with Crippen LogP contribution >= 0.6 is 27.3 Å². The van der Waals surface area contributed by atoms with Gasteiger partial charge in [-0.05, 0) is 0 Å². The van der Waals surface area contributed by atoms with Crippen molar-refractivity contribution >= 4 is 30.7 Å². The van der Waals surface area contributed by atoms with Gasteiger partial charge in [-0.1, -0.05) is 0 Å². The summed E-state index contributed by atoms with van der Waals surface area (Å²) in [5, 5.41) is 0. The molecule has 0 atom stereocenters. The predicted molar refractivity (Wildman–Crippen MR) is 31.7 cm³/mol. The normalized spacial score (nSPS) is 8.38. The Hall–Kier alpha value is 1.28. The molecule has 0 saturated heterocycles. The standard InChI is InChI=1S/C4H2BrS.BrH.Zn/c5-4-2-1-3-6-4;;/h1-2H;1H;/q;;+1/p-1. The van der Waals surface area contributed by atoms with Gasteiger partial charge in [0.2, 0.25) is 0 Å². The minimum absolute atomic E-state index is 0. The number of hydrogen-bond acceptors (Lipinski definition) is 1. The van der Waals surface area contributed by atoms with Gasteiger partial charge in [0.25, 0.3) is 0 Å². The van der Waals surface area contributed by atoms with Crippen molar-refractivity contribution in [2.45, 2.75) is 0 Å². The predicted octanol–water partition coefficient (Wildman–Crippen LogP) is -1.31. The van der Waals surface area contributed by atoms with E-state index in [0.29, 0.717) is 0 Å². The van der Waals surface area contributed by atoms with Crippen LogP contribution in [-0.2, 0) is 18.3 Å². The van der Waals surface area contributed by atoms with Crippen LogP contribution in [0.2, 0.25) is 0 Å².